The molecule has 1 aliphatic heterocycles. The Morgan fingerprint density at radius 1 is 1.47 bits per heavy atom. The second-order valence-corrected chi connectivity index (χ2v) is 8.66. The number of carboxylic acid groups (broad SMARTS) is 1. The lowest BCUT2D eigenvalue weighted by molar-refractivity contribution is -0.137. The van der Waals surface area contributed by atoms with Crippen molar-refractivity contribution in [2.75, 3.05) is 18.9 Å². The molecule has 160 valence electrons. The normalized spacial score (nSPS) is 16.7. The fourth-order valence-electron chi connectivity index (χ4n) is 2.88. The lowest BCUT2D eigenvalue weighted by Gasteiger charge is -2.27. The molecule has 1 aromatic rings. The van der Waals surface area contributed by atoms with Gasteiger partial charge < -0.3 is 9.84 Å². The monoisotopic (exact) mass is 433 g/mol. The van der Waals surface area contributed by atoms with Gasteiger partial charge in [-0.25, -0.2) is 14.0 Å². The van der Waals surface area contributed by atoms with Crippen molar-refractivity contribution in [2.24, 2.45) is 0 Å². The van der Waals surface area contributed by atoms with Crippen LogP contribution in [0, 0.1) is 17.1 Å². The standard InChI is InChI=1S/C21H24FN3O4S/c1-5-29-19(26)15(11-23)14(10-17-25(20(27)28)7-6-8-30-17)13-9-16(22)18(24-12-13)21(2,3)4/h9-10,12H,5-8H2,1-4H3,(H,27,28)/b15-14+,17-10-. The van der Waals surface area contributed by atoms with Crippen LogP contribution >= 0.6 is 11.8 Å². The van der Waals surface area contributed by atoms with E-state index in [2.05, 4.69) is 4.98 Å². The number of pyridine rings is 1. The van der Waals surface area contributed by atoms with Crippen LogP contribution in [-0.2, 0) is 14.9 Å². The molecule has 7 nitrogen and oxygen atoms in total. The Bertz CT molecular complexity index is 945. The number of amides is 1. The molecule has 1 saturated heterocycles. The molecular weight excluding hydrogens is 409 g/mol. The molecule has 0 spiro atoms. The summed E-state index contributed by atoms with van der Waals surface area (Å²) >= 11 is 1.28. The molecule has 1 aromatic heterocycles. The first kappa shape index (κ1) is 23.4. The van der Waals surface area contributed by atoms with Crippen molar-refractivity contribution in [1.29, 1.82) is 5.26 Å². The number of aromatic nitrogens is 1. The quantitative estimate of drug-likeness (QED) is 0.428. The summed E-state index contributed by atoms with van der Waals surface area (Å²) in [5.41, 5.74) is -0.381. The van der Waals surface area contributed by atoms with Crippen LogP contribution in [0.1, 0.15) is 45.4 Å². The summed E-state index contributed by atoms with van der Waals surface area (Å²) in [4.78, 5) is 29.3. The SMILES string of the molecule is CCOC(=O)/C(C#N)=C(\C=C1/SCCCN1C(=O)O)c1cnc(C(C)(C)C)c(F)c1. The van der Waals surface area contributed by atoms with Gasteiger partial charge in [-0.2, -0.15) is 5.26 Å². The third-order valence-electron chi connectivity index (χ3n) is 4.26. The first-order valence-electron chi connectivity index (χ1n) is 9.43. The smallest absolute Gasteiger partial charge is 0.412 e. The number of nitrogens with zero attached hydrogens (tertiary/aromatic N) is 3. The van der Waals surface area contributed by atoms with Crippen molar-refractivity contribution in [3.63, 3.8) is 0 Å². The Kier molecular flexibility index (Phi) is 7.62. The zero-order chi connectivity index (χ0) is 22.5. The van der Waals surface area contributed by atoms with Crippen LogP contribution in [0.15, 0.2) is 28.9 Å². The number of carbonyl (C=O) groups excluding carboxylic acids is 1. The third-order valence-corrected chi connectivity index (χ3v) is 5.39. The minimum absolute atomic E-state index is 0.0550. The van der Waals surface area contributed by atoms with Crippen LogP contribution in [0.4, 0.5) is 9.18 Å². The molecule has 0 bridgehead atoms. The average molecular weight is 434 g/mol. The van der Waals surface area contributed by atoms with E-state index in [9.17, 15) is 24.3 Å². The minimum Gasteiger partial charge on any atom is -0.465 e. The van der Waals surface area contributed by atoms with Gasteiger partial charge in [-0.1, -0.05) is 20.8 Å². The molecule has 1 amide bonds. The maximum absolute atomic E-state index is 14.8. The number of nitriles is 1. The number of thioether (sulfide) groups is 1. The molecule has 2 rings (SSSR count). The second kappa shape index (κ2) is 9.76. The molecule has 0 unspecified atom stereocenters. The Morgan fingerprint density at radius 3 is 2.70 bits per heavy atom. The van der Waals surface area contributed by atoms with Gasteiger partial charge in [-0.3, -0.25) is 9.88 Å². The van der Waals surface area contributed by atoms with E-state index >= 15 is 0 Å². The van der Waals surface area contributed by atoms with Crippen LogP contribution < -0.4 is 0 Å². The number of hydrogen-bond acceptors (Lipinski definition) is 6. The van der Waals surface area contributed by atoms with Crippen LogP contribution in [0.25, 0.3) is 5.57 Å². The first-order chi connectivity index (χ1) is 14.1. The van der Waals surface area contributed by atoms with Crippen molar-refractivity contribution in [1.82, 2.24) is 9.88 Å². The molecule has 0 aliphatic carbocycles. The van der Waals surface area contributed by atoms with E-state index in [1.54, 1.807) is 6.92 Å². The van der Waals surface area contributed by atoms with Crippen LogP contribution in [-0.4, -0.2) is 46.0 Å². The summed E-state index contributed by atoms with van der Waals surface area (Å²) in [5, 5.41) is 19.5. The number of ether oxygens (including phenoxy) is 1. The van der Waals surface area contributed by atoms with E-state index < -0.39 is 23.3 Å². The largest absolute Gasteiger partial charge is 0.465 e. The molecule has 1 N–H and O–H groups in total. The first-order valence-corrected chi connectivity index (χ1v) is 10.4. The fraction of sp³-hybridized carbons (Fsp3) is 0.429. The van der Waals surface area contributed by atoms with Gasteiger partial charge in [-0.15, -0.1) is 11.8 Å². The number of allylic oxidation sites excluding steroid dienone is 2. The number of carbonyl (C=O) groups is 2. The van der Waals surface area contributed by atoms with E-state index in [1.165, 1.54) is 30.1 Å². The highest BCUT2D eigenvalue weighted by Crippen LogP contribution is 2.33. The Labute approximate surface area is 179 Å². The minimum atomic E-state index is -1.14. The molecule has 0 atom stereocenters. The van der Waals surface area contributed by atoms with E-state index in [0.717, 1.165) is 4.90 Å². The lowest BCUT2D eigenvalue weighted by Crippen LogP contribution is -2.32. The summed E-state index contributed by atoms with van der Waals surface area (Å²) in [6, 6.07) is 3.02. The maximum atomic E-state index is 14.8. The van der Waals surface area contributed by atoms with Crippen molar-refractivity contribution in [3.05, 3.63) is 46.0 Å². The fourth-order valence-corrected chi connectivity index (χ4v) is 3.89. The predicted octanol–water partition coefficient (Wildman–Crippen LogP) is 4.32. The molecule has 2 heterocycles. The van der Waals surface area contributed by atoms with Gasteiger partial charge in [0.2, 0.25) is 0 Å². The molecule has 9 heteroatoms. The van der Waals surface area contributed by atoms with E-state index in [-0.39, 0.29) is 35.6 Å². The molecule has 30 heavy (non-hydrogen) atoms. The Balaban J connectivity index is 2.71. The molecule has 0 radical (unpaired) electrons. The highest BCUT2D eigenvalue weighted by atomic mass is 32.2. The van der Waals surface area contributed by atoms with Crippen molar-refractivity contribution >= 4 is 29.4 Å². The van der Waals surface area contributed by atoms with E-state index in [4.69, 9.17) is 4.74 Å². The van der Waals surface area contributed by atoms with Gasteiger partial charge >= 0.3 is 12.1 Å². The average Bonchev–Trinajstić information content (AvgIpc) is 2.67. The van der Waals surface area contributed by atoms with E-state index in [0.29, 0.717) is 17.2 Å². The van der Waals surface area contributed by atoms with E-state index in [1.807, 2.05) is 26.8 Å². The predicted molar refractivity (Wildman–Crippen MR) is 112 cm³/mol. The Hall–Kier alpha value is -2.86. The zero-order valence-corrected chi connectivity index (χ0v) is 18.2. The molecule has 1 aliphatic rings. The van der Waals surface area contributed by atoms with Crippen LogP contribution in [0.2, 0.25) is 0 Å². The van der Waals surface area contributed by atoms with Gasteiger partial charge in [0, 0.05) is 35.0 Å². The lowest BCUT2D eigenvalue weighted by atomic mass is 9.90. The van der Waals surface area contributed by atoms with Crippen molar-refractivity contribution in [2.45, 2.75) is 39.5 Å². The highest BCUT2D eigenvalue weighted by Gasteiger charge is 2.26. The second-order valence-electron chi connectivity index (χ2n) is 7.54. The number of rotatable bonds is 4. The Morgan fingerprint density at radius 2 is 2.17 bits per heavy atom. The van der Waals surface area contributed by atoms with Crippen LogP contribution in [0.3, 0.4) is 0 Å². The summed E-state index contributed by atoms with van der Waals surface area (Å²) in [6.45, 7) is 7.41. The molecule has 0 aromatic carbocycles. The van der Waals surface area contributed by atoms with Crippen molar-refractivity contribution in [3.8, 4) is 6.07 Å². The molecule has 1 fully saturated rings. The zero-order valence-electron chi connectivity index (χ0n) is 17.4. The summed E-state index contributed by atoms with van der Waals surface area (Å²) in [7, 11) is 0. The third kappa shape index (κ3) is 5.39. The molecular formula is C21H24FN3O4S. The molecule has 0 saturated carbocycles. The van der Waals surface area contributed by atoms with Gasteiger partial charge in [0.25, 0.3) is 0 Å². The van der Waals surface area contributed by atoms with Gasteiger partial charge in [0.1, 0.15) is 17.5 Å². The summed E-state index contributed by atoms with van der Waals surface area (Å²) in [6.07, 6.45) is 2.33. The van der Waals surface area contributed by atoms with Gasteiger partial charge in [0.15, 0.2) is 0 Å². The van der Waals surface area contributed by atoms with Gasteiger partial charge in [-0.05, 0) is 25.5 Å². The highest BCUT2D eigenvalue weighted by molar-refractivity contribution is 8.03. The van der Waals surface area contributed by atoms with Gasteiger partial charge in [0.05, 0.1) is 17.3 Å². The summed E-state index contributed by atoms with van der Waals surface area (Å²) in [5.74, 6) is -0.766. The topological polar surface area (TPSA) is 104 Å². The summed E-state index contributed by atoms with van der Waals surface area (Å²) < 4.78 is 19.8. The van der Waals surface area contributed by atoms with Crippen molar-refractivity contribution < 1.29 is 23.8 Å². The van der Waals surface area contributed by atoms with Crippen LogP contribution in [0.5, 0.6) is 0 Å². The maximum Gasteiger partial charge on any atom is 0.412 e. The number of halogens is 1. The number of hydrogen-bond donors (Lipinski definition) is 1. The number of esters is 1.